The van der Waals surface area contributed by atoms with E-state index in [0.29, 0.717) is 25.8 Å². The molecule has 1 aromatic rings. The Balaban J connectivity index is 1.55. The van der Waals surface area contributed by atoms with Crippen molar-refractivity contribution in [1.82, 2.24) is 25.8 Å². The van der Waals surface area contributed by atoms with E-state index in [2.05, 4.69) is 16.0 Å². The Labute approximate surface area is 221 Å². The Kier molecular flexibility index (Phi) is 8.41. The Hall–Kier alpha value is -3.08. The standard InChI is InChI=1S/C26H35N5O5S/c1-15-25(35)31-14-18(37-16(2)26(36)30-11-7-10-20(30)23(33)28-15)13-21(31)24(34)29-19(22(32)27-3)12-17-8-5-4-6-9-17/h4-6,8-9,15-16,18-21H,7,10-14H2,1-3H3,(H,27,32)(H,28,33)(H,29,34)/t15-,16-,18+,19+,20+,21+/m1/s1. The van der Waals surface area contributed by atoms with Gasteiger partial charge < -0.3 is 25.8 Å². The molecular weight excluding hydrogens is 494 g/mol. The summed E-state index contributed by atoms with van der Waals surface area (Å²) in [5.74, 6) is -1.53. The fourth-order valence-corrected chi connectivity index (χ4v) is 6.76. The monoisotopic (exact) mass is 529 g/mol. The van der Waals surface area contributed by atoms with Gasteiger partial charge in [0.2, 0.25) is 29.5 Å². The van der Waals surface area contributed by atoms with Crippen molar-refractivity contribution < 1.29 is 24.0 Å². The van der Waals surface area contributed by atoms with Crippen molar-refractivity contribution in [1.29, 1.82) is 0 Å². The van der Waals surface area contributed by atoms with Gasteiger partial charge >= 0.3 is 0 Å². The molecule has 3 saturated heterocycles. The van der Waals surface area contributed by atoms with Crippen molar-refractivity contribution in [3.8, 4) is 0 Å². The van der Waals surface area contributed by atoms with Crippen LogP contribution in [0.2, 0.25) is 0 Å². The van der Waals surface area contributed by atoms with Gasteiger partial charge in [0.1, 0.15) is 24.2 Å². The summed E-state index contributed by atoms with van der Waals surface area (Å²) >= 11 is 1.44. The normalized spacial score (nSPS) is 29.1. The maximum atomic E-state index is 13.5. The van der Waals surface area contributed by atoms with Gasteiger partial charge in [-0.15, -0.1) is 11.8 Å². The van der Waals surface area contributed by atoms with E-state index in [-0.39, 0.29) is 35.4 Å². The third-order valence-electron chi connectivity index (χ3n) is 7.32. The lowest BCUT2D eigenvalue weighted by molar-refractivity contribution is -0.143. The first-order valence-corrected chi connectivity index (χ1v) is 13.8. The highest BCUT2D eigenvalue weighted by Gasteiger charge is 2.45. The number of carbonyl (C=O) groups excluding carboxylic acids is 5. The summed E-state index contributed by atoms with van der Waals surface area (Å²) in [6.45, 7) is 4.23. The summed E-state index contributed by atoms with van der Waals surface area (Å²) in [5.41, 5.74) is 0.895. The van der Waals surface area contributed by atoms with Crippen LogP contribution in [0.15, 0.2) is 30.3 Å². The second-order valence-electron chi connectivity index (χ2n) is 9.93. The summed E-state index contributed by atoms with van der Waals surface area (Å²) in [6, 6.07) is 6.34. The molecule has 3 aliphatic heterocycles. The molecule has 3 aliphatic rings. The summed E-state index contributed by atoms with van der Waals surface area (Å²) in [6.07, 6.45) is 1.98. The van der Waals surface area contributed by atoms with Gasteiger partial charge in [-0.05, 0) is 38.7 Å². The Morgan fingerprint density at radius 1 is 1.11 bits per heavy atom. The molecule has 0 unspecified atom stereocenters. The van der Waals surface area contributed by atoms with Crippen molar-refractivity contribution >= 4 is 41.3 Å². The predicted molar refractivity (Wildman–Crippen MR) is 139 cm³/mol. The molecular formula is C26H35N5O5S. The Morgan fingerprint density at radius 3 is 2.54 bits per heavy atom. The molecule has 6 atom stereocenters. The van der Waals surface area contributed by atoms with Crippen LogP contribution in [0.3, 0.4) is 0 Å². The van der Waals surface area contributed by atoms with E-state index in [9.17, 15) is 24.0 Å². The topological polar surface area (TPSA) is 128 Å². The second kappa shape index (κ2) is 11.5. The lowest BCUT2D eigenvalue weighted by Crippen LogP contribution is -2.57. The zero-order chi connectivity index (χ0) is 26.7. The predicted octanol–water partition coefficient (Wildman–Crippen LogP) is 0.0604. The number of thioether (sulfide) groups is 1. The maximum absolute atomic E-state index is 13.5. The number of likely N-dealkylation sites (N-methyl/N-ethyl adjacent to an activating group) is 1. The van der Waals surface area contributed by atoms with E-state index in [1.807, 2.05) is 37.3 Å². The average Bonchev–Trinajstić information content (AvgIpc) is 3.54. The number of fused-ring (bicyclic) bond motifs is 3. The van der Waals surface area contributed by atoms with Crippen LogP contribution < -0.4 is 16.0 Å². The van der Waals surface area contributed by atoms with Crippen molar-refractivity contribution in [2.75, 3.05) is 20.1 Å². The highest BCUT2D eigenvalue weighted by molar-refractivity contribution is 8.01. The average molecular weight is 530 g/mol. The molecule has 3 N–H and O–H groups in total. The minimum absolute atomic E-state index is 0.0933. The van der Waals surface area contributed by atoms with Crippen LogP contribution in [-0.2, 0) is 30.4 Å². The zero-order valence-electron chi connectivity index (χ0n) is 21.4. The van der Waals surface area contributed by atoms with Crippen molar-refractivity contribution in [3.05, 3.63) is 35.9 Å². The Bertz CT molecular complexity index is 1050. The van der Waals surface area contributed by atoms with Crippen LogP contribution in [0.5, 0.6) is 0 Å². The Morgan fingerprint density at radius 2 is 1.84 bits per heavy atom. The van der Waals surface area contributed by atoms with Gasteiger partial charge in [0.05, 0.1) is 5.25 Å². The molecule has 10 nitrogen and oxygen atoms in total. The summed E-state index contributed by atoms with van der Waals surface area (Å²) in [5, 5.41) is 7.68. The van der Waals surface area contributed by atoms with E-state index in [1.165, 1.54) is 23.7 Å². The third-order valence-corrected chi connectivity index (χ3v) is 8.66. The molecule has 200 valence electrons. The number of rotatable bonds is 5. The highest BCUT2D eigenvalue weighted by Crippen LogP contribution is 2.33. The maximum Gasteiger partial charge on any atom is 0.245 e. The SMILES string of the molecule is CNC(=O)[C@H](Cc1ccccc1)NC(=O)[C@@H]1C[C@H]2CN1C(=O)[C@@H](C)NC(=O)[C@@H]1CCCN1C(=O)[C@@H](C)S2. The first kappa shape index (κ1) is 27.0. The fourth-order valence-electron chi connectivity index (χ4n) is 5.39. The number of amides is 5. The molecule has 3 fully saturated rings. The number of benzene rings is 1. The van der Waals surface area contributed by atoms with Crippen LogP contribution >= 0.6 is 11.8 Å². The number of nitrogens with zero attached hydrogens (tertiary/aromatic N) is 2. The van der Waals surface area contributed by atoms with Gasteiger partial charge in [-0.2, -0.15) is 0 Å². The summed E-state index contributed by atoms with van der Waals surface area (Å²) in [7, 11) is 1.51. The van der Waals surface area contributed by atoms with Crippen LogP contribution in [0.25, 0.3) is 0 Å². The van der Waals surface area contributed by atoms with Gasteiger partial charge in [0.15, 0.2) is 0 Å². The number of hydrogen-bond acceptors (Lipinski definition) is 6. The van der Waals surface area contributed by atoms with Crippen LogP contribution in [0.4, 0.5) is 0 Å². The second-order valence-corrected chi connectivity index (χ2v) is 11.6. The van der Waals surface area contributed by atoms with E-state index in [0.717, 1.165) is 12.0 Å². The molecule has 37 heavy (non-hydrogen) atoms. The molecule has 0 aliphatic carbocycles. The number of carbonyl (C=O) groups is 5. The van der Waals surface area contributed by atoms with Gasteiger partial charge in [0, 0.05) is 31.8 Å². The molecule has 0 spiro atoms. The van der Waals surface area contributed by atoms with Gasteiger partial charge in [-0.25, -0.2) is 0 Å². The van der Waals surface area contributed by atoms with Crippen molar-refractivity contribution in [2.45, 2.75) is 74.2 Å². The van der Waals surface area contributed by atoms with Crippen molar-refractivity contribution in [3.63, 3.8) is 0 Å². The van der Waals surface area contributed by atoms with E-state index < -0.39 is 35.3 Å². The largest absolute Gasteiger partial charge is 0.357 e. The number of hydrogen-bond donors (Lipinski definition) is 3. The van der Waals surface area contributed by atoms with Gasteiger partial charge in [-0.1, -0.05) is 30.3 Å². The lowest BCUT2D eigenvalue weighted by atomic mass is 10.0. The van der Waals surface area contributed by atoms with Gasteiger partial charge in [-0.3, -0.25) is 24.0 Å². The molecule has 4 rings (SSSR count). The molecule has 1 aromatic carbocycles. The minimum atomic E-state index is -0.847. The first-order chi connectivity index (χ1) is 17.7. The quantitative estimate of drug-likeness (QED) is 0.495. The van der Waals surface area contributed by atoms with Crippen LogP contribution in [-0.4, -0.2) is 94.1 Å². The molecule has 0 saturated carbocycles. The van der Waals surface area contributed by atoms with E-state index >= 15 is 0 Å². The summed E-state index contributed by atoms with van der Waals surface area (Å²) in [4.78, 5) is 68.8. The van der Waals surface area contributed by atoms with E-state index in [4.69, 9.17) is 0 Å². The lowest BCUT2D eigenvalue weighted by Gasteiger charge is -2.31. The fraction of sp³-hybridized carbons (Fsp3) is 0.577. The van der Waals surface area contributed by atoms with Crippen LogP contribution in [0.1, 0.15) is 38.7 Å². The molecule has 5 amide bonds. The zero-order valence-corrected chi connectivity index (χ0v) is 22.3. The minimum Gasteiger partial charge on any atom is -0.357 e. The molecule has 3 heterocycles. The summed E-state index contributed by atoms with van der Waals surface area (Å²) < 4.78 is 0. The van der Waals surface area contributed by atoms with Crippen LogP contribution in [0, 0.1) is 0 Å². The van der Waals surface area contributed by atoms with E-state index in [1.54, 1.807) is 11.8 Å². The molecule has 2 bridgehead atoms. The number of nitrogens with one attached hydrogen (secondary N) is 3. The van der Waals surface area contributed by atoms with Gasteiger partial charge in [0.25, 0.3) is 0 Å². The first-order valence-electron chi connectivity index (χ1n) is 12.8. The molecule has 11 heteroatoms. The van der Waals surface area contributed by atoms with Crippen molar-refractivity contribution in [2.24, 2.45) is 0 Å². The molecule has 0 radical (unpaired) electrons. The molecule has 0 aromatic heterocycles. The smallest absolute Gasteiger partial charge is 0.245 e. The highest BCUT2D eigenvalue weighted by atomic mass is 32.2. The third kappa shape index (κ3) is 5.92.